The number of rotatable bonds is 2. The number of hydrogen-bond acceptors (Lipinski definition) is 6. The van der Waals surface area contributed by atoms with Crippen LogP contribution in [0.4, 0.5) is 5.82 Å². The lowest BCUT2D eigenvalue weighted by Crippen LogP contribution is -2.49. The second kappa shape index (κ2) is 6.25. The van der Waals surface area contributed by atoms with Gasteiger partial charge in [0.25, 0.3) is 5.91 Å². The standard InChI is InChI=1S/C18H17ClN4O2S/c19-18-20-15(14-11-3-1-5-13(11)26-16(14)21-18)22-6-8-23(9-7-22)17(24)12-4-2-10-25-12/h2,4,10H,1,3,5-9H2. The number of thiophene rings is 1. The number of fused-ring (bicyclic) bond motifs is 3. The van der Waals surface area contributed by atoms with E-state index >= 15 is 0 Å². The fraction of sp³-hybridized carbons (Fsp3) is 0.389. The highest BCUT2D eigenvalue weighted by Crippen LogP contribution is 2.41. The molecule has 0 bridgehead atoms. The molecule has 0 spiro atoms. The molecule has 1 aliphatic carbocycles. The third-order valence-corrected chi connectivity index (χ3v) is 6.47. The van der Waals surface area contributed by atoms with Crippen LogP contribution in [0.1, 0.15) is 27.4 Å². The van der Waals surface area contributed by atoms with Gasteiger partial charge in [-0.25, -0.2) is 4.98 Å². The summed E-state index contributed by atoms with van der Waals surface area (Å²) in [6, 6.07) is 3.44. The van der Waals surface area contributed by atoms with Crippen LogP contribution in [0.25, 0.3) is 10.2 Å². The molecule has 3 aromatic rings. The summed E-state index contributed by atoms with van der Waals surface area (Å²) < 4.78 is 5.23. The maximum absolute atomic E-state index is 12.5. The maximum Gasteiger partial charge on any atom is 0.289 e. The van der Waals surface area contributed by atoms with Gasteiger partial charge in [-0.05, 0) is 48.6 Å². The van der Waals surface area contributed by atoms with Gasteiger partial charge in [0.2, 0.25) is 5.28 Å². The molecule has 134 valence electrons. The van der Waals surface area contributed by atoms with Gasteiger partial charge >= 0.3 is 0 Å². The molecule has 5 rings (SSSR count). The number of piperazine rings is 1. The molecule has 2 aliphatic rings. The molecule has 0 N–H and O–H groups in total. The molecule has 0 aromatic carbocycles. The predicted octanol–water partition coefficient (Wildman–Crippen LogP) is 3.39. The van der Waals surface area contributed by atoms with Crippen molar-refractivity contribution < 1.29 is 9.21 Å². The quantitative estimate of drug-likeness (QED) is 0.630. The Kier molecular flexibility index (Phi) is 3.86. The lowest BCUT2D eigenvalue weighted by atomic mass is 10.1. The molecule has 1 amide bonds. The molecule has 26 heavy (non-hydrogen) atoms. The van der Waals surface area contributed by atoms with Gasteiger partial charge in [0.15, 0.2) is 5.76 Å². The number of halogens is 1. The van der Waals surface area contributed by atoms with Crippen molar-refractivity contribution in [3.63, 3.8) is 0 Å². The van der Waals surface area contributed by atoms with E-state index in [0.29, 0.717) is 24.1 Å². The van der Waals surface area contributed by atoms with Gasteiger partial charge in [0.1, 0.15) is 10.6 Å². The van der Waals surface area contributed by atoms with Crippen molar-refractivity contribution >= 4 is 44.9 Å². The van der Waals surface area contributed by atoms with Gasteiger partial charge in [-0.15, -0.1) is 11.3 Å². The highest BCUT2D eigenvalue weighted by atomic mass is 35.5. The molecule has 0 radical (unpaired) electrons. The van der Waals surface area contributed by atoms with E-state index in [9.17, 15) is 4.79 Å². The second-order valence-corrected chi connectivity index (χ2v) is 8.03. The molecule has 3 aromatic heterocycles. The number of aromatic nitrogens is 2. The largest absolute Gasteiger partial charge is 0.459 e. The first-order valence-corrected chi connectivity index (χ1v) is 9.95. The molecular weight excluding hydrogens is 372 g/mol. The minimum atomic E-state index is -0.0584. The fourth-order valence-electron chi connectivity index (χ4n) is 3.86. The van der Waals surface area contributed by atoms with Crippen LogP contribution in [0, 0.1) is 0 Å². The summed E-state index contributed by atoms with van der Waals surface area (Å²) in [6.45, 7) is 2.71. The fourth-order valence-corrected chi connectivity index (χ4v) is 5.33. The third kappa shape index (κ3) is 2.57. The normalized spacial score (nSPS) is 17.1. The van der Waals surface area contributed by atoms with Crippen LogP contribution >= 0.6 is 22.9 Å². The minimum absolute atomic E-state index is 0.0584. The smallest absolute Gasteiger partial charge is 0.289 e. The summed E-state index contributed by atoms with van der Waals surface area (Å²) in [5.74, 6) is 1.25. The van der Waals surface area contributed by atoms with Crippen LogP contribution in [-0.2, 0) is 12.8 Å². The van der Waals surface area contributed by atoms with Gasteiger partial charge in [-0.3, -0.25) is 4.79 Å². The first-order valence-electron chi connectivity index (χ1n) is 8.76. The topological polar surface area (TPSA) is 62.5 Å². The Morgan fingerprint density at radius 1 is 1.19 bits per heavy atom. The predicted molar refractivity (Wildman–Crippen MR) is 101 cm³/mol. The Hall–Kier alpha value is -2.12. The van der Waals surface area contributed by atoms with E-state index in [-0.39, 0.29) is 5.91 Å². The summed E-state index contributed by atoms with van der Waals surface area (Å²) in [5.41, 5.74) is 1.39. The van der Waals surface area contributed by atoms with E-state index in [4.69, 9.17) is 16.0 Å². The molecule has 1 aliphatic heterocycles. The van der Waals surface area contributed by atoms with Gasteiger partial charge in [0.05, 0.1) is 11.6 Å². The molecule has 1 saturated heterocycles. The number of carbonyl (C=O) groups excluding carboxylic acids is 1. The maximum atomic E-state index is 12.5. The summed E-state index contributed by atoms with van der Waals surface area (Å²) in [4.78, 5) is 27.9. The highest BCUT2D eigenvalue weighted by molar-refractivity contribution is 7.19. The number of furan rings is 1. The number of anilines is 1. The second-order valence-electron chi connectivity index (χ2n) is 6.61. The minimum Gasteiger partial charge on any atom is -0.459 e. The van der Waals surface area contributed by atoms with E-state index in [1.165, 1.54) is 23.1 Å². The van der Waals surface area contributed by atoms with E-state index < -0.39 is 0 Å². The van der Waals surface area contributed by atoms with Gasteiger partial charge in [0, 0.05) is 31.1 Å². The van der Waals surface area contributed by atoms with Crippen molar-refractivity contribution in [3.8, 4) is 0 Å². The van der Waals surface area contributed by atoms with E-state index in [0.717, 1.165) is 42.0 Å². The van der Waals surface area contributed by atoms with Crippen LogP contribution < -0.4 is 4.90 Å². The van der Waals surface area contributed by atoms with Crippen LogP contribution in [0.2, 0.25) is 5.28 Å². The zero-order chi connectivity index (χ0) is 17.7. The number of aryl methyl sites for hydroxylation is 2. The number of carbonyl (C=O) groups is 1. The molecular formula is C18H17ClN4O2S. The summed E-state index contributed by atoms with van der Waals surface area (Å²) in [7, 11) is 0. The van der Waals surface area contributed by atoms with Gasteiger partial charge < -0.3 is 14.2 Å². The molecule has 6 nitrogen and oxygen atoms in total. The number of hydrogen-bond donors (Lipinski definition) is 0. The van der Waals surface area contributed by atoms with E-state index in [2.05, 4.69) is 14.9 Å². The zero-order valence-electron chi connectivity index (χ0n) is 14.1. The number of amides is 1. The molecule has 0 unspecified atom stereocenters. The molecule has 0 atom stereocenters. The third-order valence-electron chi connectivity index (χ3n) is 5.12. The SMILES string of the molecule is O=C(c1ccco1)N1CCN(c2nc(Cl)nc3sc4c(c23)CCC4)CC1. The van der Waals surface area contributed by atoms with Crippen LogP contribution in [0.3, 0.4) is 0 Å². The Morgan fingerprint density at radius 2 is 2.04 bits per heavy atom. The first kappa shape index (κ1) is 16.1. The molecule has 8 heteroatoms. The van der Waals surface area contributed by atoms with Gasteiger partial charge in [-0.1, -0.05) is 0 Å². The molecule has 0 saturated carbocycles. The van der Waals surface area contributed by atoms with Crippen molar-refractivity contribution in [2.75, 3.05) is 31.1 Å². The van der Waals surface area contributed by atoms with Crippen molar-refractivity contribution in [1.82, 2.24) is 14.9 Å². The summed E-state index contributed by atoms with van der Waals surface area (Å²) >= 11 is 7.94. The van der Waals surface area contributed by atoms with Crippen LogP contribution in [0.5, 0.6) is 0 Å². The van der Waals surface area contributed by atoms with Crippen molar-refractivity contribution in [1.29, 1.82) is 0 Å². The lowest BCUT2D eigenvalue weighted by Gasteiger charge is -2.35. The van der Waals surface area contributed by atoms with E-state index in [1.54, 1.807) is 23.5 Å². The Labute approximate surface area is 159 Å². The Morgan fingerprint density at radius 3 is 2.81 bits per heavy atom. The number of nitrogens with zero attached hydrogens (tertiary/aromatic N) is 4. The average Bonchev–Trinajstić information content (AvgIpc) is 3.37. The van der Waals surface area contributed by atoms with E-state index in [1.807, 2.05) is 4.90 Å². The van der Waals surface area contributed by atoms with Crippen molar-refractivity contribution in [3.05, 3.63) is 39.9 Å². The summed E-state index contributed by atoms with van der Waals surface area (Å²) in [6.07, 6.45) is 4.94. The molecule has 4 heterocycles. The van der Waals surface area contributed by atoms with Gasteiger partial charge in [-0.2, -0.15) is 4.98 Å². The van der Waals surface area contributed by atoms with Crippen molar-refractivity contribution in [2.45, 2.75) is 19.3 Å². The molecule has 1 fully saturated rings. The summed E-state index contributed by atoms with van der Waals surface area (Å²) in [5, 5.41) is 1.46. The Balaban J connectivity index is 1.42. The van der Waals surface area contributed by atoms with Crippen LogP contribution in [0.15, 0.2) is 22.8 Å². The van der Waals surface area contributed by atoms with Crippen molar-refractivity contribution in [2.24, 2.45) is 0 Å². The zero-order valence-corrected chi connectivity index (χ0v) is 15.6. The monoisotopic (exact) mass is 388 g/mol. The highest BCUT2D eigenvalue weighted by Gasteiger charge is 2.28. The first-order chi connectivity index (χ1) is 12.7. The average molecular weight is 389 g/mol. The Bertz CT molecular complexity index is 977. The lowest BCUT2D eigenvalue weighted by molar-refractivity contribution is 0.0714. The van der Waals surface area contributed by atoms with Crippen LogP contribution in [-0.4, -0.2) is 47.0 Å².